The number of hydrogen-bond acceptors (Lipinski definition) is 3. The third kappa shape index (κ3) is 1.62. The molecule has 76 valence electrons. The Kier molecular flexibility index (Phi) is 2.26. The van der Waals surface area contributed by atoms with E-state index in [4.69, 9.17) is 5.26 Å². The van der Waals surface area contributed by atoms with Gasteiger partial charge in [0.15, 0.2) is 5.65 Å². The summed E-state index contributed by atoms with van der Waals surface area (Å²) in [5.74, 6) is -0.215. The van der Waals surface area contributed by atoms with Crippen molar-refractivity contribution in [1.82, 2.24) is 14.2 Å². The SMILES string of the molecule is CC(C#N)Cn1nc2ccccn2c1=O. The van der Waals surface area contributed by atoms with Crippen molar-refractivity contribution in [2.24, 2.45) is 5.92 Å². The van der Waals surface area contributed by atoms with Gasteiger partial charge in [0.25, 0.3) is 0 Å². The maximum absolute atomic E-state index is 11.7. The highest BCUT2D eigenvalue weighted by Crippen LogP contribution is 1.98. The molecule has 2 aromatic rings. The van der Waals surface area contributed by atoms with Gasteiger partial charge in [-0.1, -0.05) is 6.07 Å². The zero-order valence-electron chi connectivity index (χ0n) is 8.29. The first-order valence-electron chi connectivity index (χ1n) is 4.66. The van der Waals surface area contributed by atoms with Gasteiger partial charge < -0.3 is 0 Å². The summed E-state index contributed by atoms with van der Waals surface area (Å²) in [5, 5.41) is 12.8. The highest BCUT2D eigenvalue weighted by atomic mass is 16.2. The number of nitrogens with zero attached hydrogens (tertiary/aromatic N) is 4. The molecule has 5 nitrogen and oxygen atoms in total. The Labute approximate surface area is 86.2 Å². The van der Waals surface area contributed by atoms with Crippen LogP contribution in [0.3, 0.4) is 0 Å². The van der Waals surface area contributed by atoms with Gasteiger partial charge in [0.2, 0.25) is 0 Å². The Hall–Kier alpha value is -2.09. The van der Waals surface area contributed by atoms with Crippen LogP contribution in [0.4, 0.5) is 0 Å². The van der Waals surface area contributed by atoms with E-state index < -0.39 is 0 Å². The van der Waals surface area contributed by atoms with E-state index in [0.29, 0.717) is 12.2 Å². The van der Waals surface area contributed by atoms with Gasteiger partial charge in [-0.2, -0.15) is 5.26 Å². The van der Waals surface area contributed by atoms with Gasteiger partial charge >= 0.3 is 5.69 Å². The summed E-state index contributed by atoms with van der Waals surface area (Å²) in [7, 11) is 0. The zero-order valence-corrected chi connectivity index (χ0v) is 8.29. The molecule has 5 heteroatoms. The van der Waals surface area contributed by atoms with E-state index in [1.165, 1.54) is 9.08 Å². The van der Waals surface area contributed by atoms with Crippen molar-refractivity contribution < 1.29 is 0 Å². The van der Waals surface area contributed by atoms with Crippen LogP contribution in [0, 0.1) is 17.2 Å². The van der Waals surface area contributed by atoms with Crippen LogP contribution in [0.15, 0.2) is 29.2 Å². The lowest BCUT2D eigenvalue weighted by Gasteiger charge is -1.98. The van der Waals surface area contributed by atoms with Crippen LogP contribution in [-0.2, 0) is 6.54 Å². The lowest BCUT2D eigenvalue weighted by Crippen LogP contribution is -2.23. The lowest BCUT2D eigenvalue weighted by molar-refractivity contribution is 0.513. The summed E-state index contributed by atoms with van der Waals surface area (Å²) < 4.78 is 2.79. The molecule has 0 amide bonds. The Balaban J connectivity index is 2.50. The average molecular weight is 202 g/mol. The van der Waals surface area contributed by atoms with Crippen molar-refractivity contribution in [1.29, 1.82) is 5.26 Å². The zero-order chi connectivity index (χ0) is 10.8. The van der Waals surface area contributed by atoms with E-state index in [1.807, 2.05) is 6.07 Å². The maximum Gasteiger partial charge on any atom is 0.350 e. The number of fused-ring (bicyclic) bond motifs is 1. The first-order chi connectivity index (χ1) is 7.22. The van der Waals surface area contributed by atoms with Crippen LogP contribution in [0.5, 0.6) is 0 Å². The number of rotatable bonds is 2. The minimum absolute atomic E-state index is 0.201. The highest BCUT2D eigenvalue weighted by molar-refractivity contribution is 5.35. The molecular weight excluding hydrogens is 192 g/mol. The van der Waals surface area contributed by atoms with Crippen molar-refractivity contribution in [3.8, 4) is 6.07 Å². The molecule has 0 aliphatic rings. The third-order valence-corrected chi connectivity index (χ3v) is 2.16. The van der Waals surface area contributed by atoms with Crippen molar-refractivity contribution in [3.63, 3.8) is 0 Å². The molecule has 0 saturated heterocycles. The summed E-state index contributed by atoms with van der Waals surface area (Å²) in [6.45, 7) is 2.09. The molecule has 2 heterocycles. The summed E-state index contributed by atoms with van der Waals surface area (Å²) in [6, 6.07) is 7.43. The lowest BCUT2D eigenvalue weighted by atomic mass is 10.2. The van der Waals surface area contributed by atoms with Crippen LogP contribution >= 0.6 is 0 Å². The van der Waals surface area contributed by atoms with E-state index in [0.717, 1.165) is 0 Å². The van der Waals surface area contributed by atoms with Gasteiger partial charge in [-0.05, 0) is 19.1 Å². The third-order valence-electron chi connectivity index (χ3n) is 2.16. The molecule has 1 atom stereocenters. The standard InChI is InChI=1S/C10H10N4O/c1-8(6-11)7-14-10(15)13-5-3-2-4-9(13)12-14/h2-5,8H,7H2,1H3. The van der Waals surface area contributed by atoms with Crippen molar-refractivity contribution in [2.75, 3.05) is 0 Å². The van der Waals surface area contributed by atoms with Crippen LogP contribution in [0.1, 0.15) is 6.92 Å². The summed E-state index contributed by atoms with van der Waals surface area (Å²) >= 11 is 0. The smallest absolute Gasteiger partial charge is 0.250 e. The molecule has 15 heavy (non-hydrogen) atoms. The van der Waals surface area contributed by atoms with Gasteiger partial charge in [-0.15, -0.1) is 5.10 Å². The average Bonchev–Trinajstić information content (AvgIpc) is 2.57. The molecule has 0 spiro atoms. The number of pyridine rings is 1. The fourth-order valence-electron chi connectivity index (χ4n) is 1.39. The van der Waals surface area contributed by atoms with E-state index in [2.05, 4.69) is 11.2 Å². The monoisotopic (exact) mass is 202 g/mol. The fraction of sp³-hybridized carbons (Fsp3) is 0.300. The predicted octanol–water partition coefficient (Wildman–Crippen LogP) is 0.656. The summed E-state index contributed by atoms with van der Waals surface area (Å²) in [4.78, 5) is 11.7. The van der Waals surface area contributed by atoms with Gasteiger partial charge in [0.1, 0.15) is 0 Å². The Morgan fingerprint density at radius 1 is 1.60 bits per heavy atom. The molecule has 0 radical (unpaired) electrons. The molecule has 0 saturated carbocycles. The molecule has 0 fully saturated rings. The van der Waals surface area contributed by atoms with Crippen LogP contribution in [0.25, 0.3) is 5.65 Å². The van der Waals surface area contributed by atoms with E-state index in [9.17, 15) is 4.79 Å². The molecule has 0 aliphatic heterocycles. The molecule has 2 rings (SSSR count). The van der Waals surface area contributed by atoms with Gasteiger partial charge in [0, 0.05) is 6.20 Å². The quantitative estimate of drug-likeness (QED) is 0.718. The van der Waals surface area contributed by atoms with Crippen molar-refractivity contribution >= 4 is 5.65 Å². The van der Waals surface area contributed by atoms with Gasteiger partial charge in [-0.3, -0.25) is 4.40 Å². The van der Waals surface area contributed by atoms with Crippen molar-refractivity contribution in [2.45, 2.75) is 13.5 Å². The normalized spacial score (nSPS) is 12.5. The molecule has 1 unspecified atom stereocenters. The van der Waals surface area contributed by atoms with Crippen LogP contribution in [0.2, 0.25) is 0 Å². The maximum atomic E-state index is 11.7. The molecule has 0 N–H and O–H groups in total. The van der Waals surface area contributed by atoms with Gasteiger partial charge in [-0.25, -0.2) is 9.48 Å². The Morgan fingerprint density at radius 2 is 2.40 bits per heavy atom. The second-order valence-electron chi connectivity index (χ2n) is 3.42. The van der Waals surface area contributed by atoms with Crippen LogP contribution in [-0.4, -0.2) is 14.2 Å². The number of aromatic nitrogens is 3. The topological polar surface area (TPSA) is 63.1 Å². The number of hydrogen-bond donors (Lipinski definition) is 0. The Bertz CT molecular complexity index is 575. The van der Waals surface area contributed by atoms with E-state index in [1.54, 1.807) is 25.3 Å². The summed E-state index contributed by atoms with van der Waals surface area (Å²) in [6.07, 6.45) is 1.66. The van der Waals surface area contributed by atoms with E-state index in [-0.39, 0.29) is 11.6 Å². The van der Waals surface area contributed by atoms with Gasteiger partial charge in [0.05, 0.1) is 18.5 Å². The minimum atomic E-state index is -0.215. The molecule has 0 bridgehead atoms. The second kappa shape index (κ2) is 3.58. The van der Waals surface area contributed by atoms with E-state index >= 15 is 0 Å². The van der Waals surface area contributed by atoms with Crippen molar-refractivity contribution in [3.05, 3.63) is 34.9 Å². The van der Waals surface area contributed by atoms with Crippen LogP contribution < -0.4 is 5.69 Å². The molecular formula is C10H10N4O. The second-order valence-corrected chi connectivity index (χ2v) is 3.42. The minimum Gasteiger partial charge on any atom is -0.250 e. The Morgan fingerprint density at radius 3 is 3.07 bits per heavy atom. The summed E-state index contributed by atoms with van der Waals surface area (Å²) in [5.41, 5.74) is 0.403. The molecule has 0 aromatic carbocycles. The highest BCUT2D eigenvalue weighted by Gasteiger charge is 2.08. The number of nitriles is 1. The first kappa shape index (κ1) is 9.46. The molecule has 0 aliphatic carbocycles. The fourth-order valence-corrected chi connectivity index (χ4v) is 1.39. The largest absolute Gasteiger partial charge is 0.350 e. The first-order valence-corrected chi connectivity index (χ1v) is 4.66. The predicted molar refractivity (Wildman–Crippen MR) is 54.2 cm³/mol. The molecule has 2 aromatic heterocycles.